The molecule has 0 fully saturated rings. The molecular weight excluding hydrogens is 170 g/mol. The van der Waals surface area contributed by atoms with Crippen molar-refractivity contribution in [2.24, 2.45) is 5.41 Å². The van der Waals surface area contributed by atoms with E-state index in [9.17, 15) is 0 Å². The van der Waals surface area contributed by atoms with Crippen LogP contribution in [0.3, 0.4) is 0 Å². The van der Waals surface area contributed by atoms with Gasteiger partial charge in [0.05, 0.1) is 0 Å². The van der Waals surface area contributed by atoms with Crippen molar-refractivity contribution in [1.82, 2.24) is 5.32 Å². The molecule has 0 rings (SSSR count). The van der Waals surface area contributed by atoms with E-state index in [2.05, 4.69) is 39.9 Å². The van der Waals surface area contributed by atoms with Crippen molar-refractivity contribution in [3.05, 3.63) is 0 Å². The van der Waals surface area contributed by atoms with Gasteiger partial charge < -0.3 is 5.32 Å². The topological polar surface area (TPSA) is 12.0 Å². The van der Waals surface area contributed by atoms with Gasteiger partial charge in [0.1, 0.15) is 0 Å². The normalized spacial score (nSPS) is 14.4. The Morgan fingerprint density at radius 3 is 2.21 bits per heavy atom. The van der Waals surface area contributed by atoms with Crippen molar-refractivity contribution in [2.45, 2.75) is 72.8 Å². The highest BCUT2D eigenvalue weighted by molar-refractivity contribution is 4.73. The summed E-state index contributed by atoms with van der Waals surface area (Å²) in [5, 5.41) is 3.70. The summed E-state index contributed by atoms with van der Waals surface area (Å²) in [6.45, 7) is 12.7. The Hall–Kier alpha value is -0.0400. The average Bonchev–Trinajstić information content (AvgIpc) is 2.18. The molecule has 0 amide bonds. The van der Waals surface area contributed by atoms with Crippen molar-refractivity contribution < 1.29 is 0 Å². The second-order valence-electron chi connectivity index (χ2n) is 5.15. The third-order valence-corrected chi connectivity index (χ3v) is 3.23. The second kappa shape index (κ2) is 7.28. The number of hydrogen-bond acceptors (Lipinski definition) is 1. The minimum Gasteiger partial charge on any atom is -0.313 e. The first-order valence-corrected chi connectivity index (χ1v) is 6.29. The van der Waals surface area contributed by atoms with Gasteiger partial charge in [-0.1, -0.05) is 47.5 Å². The van der Waals surface area contributed by atoms with Crippen LogP contribution < -0.4 is 5.32 Å². The largest absolute Gasteiger partial charge is 0.313 e. The Morgan fingerprint density at radius 2 is 1.79 bits per heavy atom. The van der Waals surface area contributed by atoms with E-state index in [4.69, 9.17) is 0 Å². The summed E-state index contributed by atoms with van der Waals surface area (Å²) in [6, 6.07) is 0.737. The lowest BCUT2D eigenvalue weighted by Gasteiger charge is -2.26. The van der Waals surface area contributed by atoms with Gasteiger partial charge in [-0.2, -0.15) is 0 Å². The number of rotatable bonds is 8. The molecule has 1 unspecified atom stereocenters. The highest BCUT2D eigenvalue weighted by Gasteiger charge is 2.16. The molecule has 86 valence electrons. The molecule has 0 bridgehead atoms. The van der Waals surface area contributed by atoms with E-state index < -0.39 is 0 Å². The molecule has 0 saturated heterocycles. The van der Waals surface area contributed by atoms with Crippen molar-refractivity contribution in [3.63, 3.8) is 0 Å². The molecule has 0 aliphatic heterocycles. The summed E-state index contributed by atoms with van der Waals surface area (Å²) in [7, 11) is 0. The van der Waals surface area contributed by atoms with Crippen molar-refractivity contribution in [2.75, 3.05) is 6.54 Å². The van der Waals surface area contributed by atoms with Gasteiger partial charge in [0.15, 0.2) is 0 Å². The maximum atomic E-state index is 3.70. The van der Waals surface area contributed by atoms with Crippen molar-refractivity contribution >= 4 is 0 Å². The Morgan fingerprint density at radius 1 is 1.14 bits per heavy atom. The summed E-state index contributed by atoms with van der Waals surface area (Å²) in [5.41, 5.74) is 0.458. The predicted octanol–water partition coefficient (Wildman–Crippen LogP) is 3.98. The fourth-order valence-corrected chi connectivity index (χ4v) is 1.45. The van der Waals surface area contributed by atoms with Crippen LogP contribution >= 0.6 is 0 Å². The fourth-order valence-electron chi connectivity index (χ4n) is 1.45. The van der Waals surface area contributed by atoms with Gasteiger partial charge >= 0.3 is 0 Å². The summed E-state index contributed by atoms with van der Waals surface area (Å²) in [4.78, 5) is 0. The van der Waals surface area contributed by atoms with Gasteiger partial charge in [-0.25, -0.2) is 0 Å². The average molecular weight is 199 g/mol. The van der Waals surface area contributed by atoms with Gasteiger partial charge in [0.2, 0.25) is 0 Å². The summed E-state index contributed by atoms with van der Waals surface area (Å²) in [6.07, 6.45) is 6.53. The minimum absolute atomic E-state index is 0.458. The Kier molecular flexibility index (Phi) is 7.26. The zero-order valence-electron chi connectivity index (χ0n) is 10.8. The third kappa shape index (κ3) is 6.42. The molecule has 0 aromatic carbocycles. The van der Waals surface area contributed by atoms with E-state index in [0.717, 1.165) is 12.6 Å². The van der Waals surface area contributed by atoms with Gasteiger partial charge in [-0.15, -0.1) is 0 Å². The SMILES string of the molecule is CCCCC(CC)NCC(C)(C)CC. The lowest BCUT2D eigenvalue weighted by molar-refractivity contribution is 0.298. The first-order valence-electron chi connectivity index (χ1n) is 6.29. The molecule has 14 heavy (non-hydrogen) atoms. The molecule has 1 heteroatoms. The summed E-state index contributed by atoms with van der Waals surface area (Å²) in [5.74, 6) is 0. The Balaban J connectivity index is 3.71. The van der Waals surface area contributed by atoms with Crippen LogP contribution in [0.4, 0.5) is 0 Å². The highest BCUT2D eigenvalue weighted by atomic mass is 14.9. The smallest absolute Gasteiger partial charge is 0.00646 e. The first-order chi connectivity index (χ1) is 6.55. The van der Waals surface area contributed by atoms with Gasteiger partial charge in [-0.05, 0) is 24.7 Å². The van der Waals surface area contributed by atoms with Gasteiger partial charge in [0, 0.05) is 12.6 Å². The van der Waals surface area contributed by atoms with Crippen LogP contribution in [-0.4, -0.2) is 12.6 Å². The van der Waals surface area contributed by atoms with E-state index in [1.54, 1.807) is 0 Å². The minimum atomic E-state index is 0.458. The van der Waals surface area contributed by atoms with E-state index in [0.29, 0.717) is 5.41 Å². The number of hydrogen-bond donors (Lipinski definition) is 1. The third-order valence-electron chi connectivity index (χ3n) is 3.23. The van der Waals surface area contributed by atoms with Crippen LogP contribution in [0, 0.1) is 5.41 Å². The van der Waals surface area contributed by atoms with Crippen LogP contribution in [0.25, 0.3) is 0 Å². The maximum Gasteiger partial charge on any atom is 0.00646 e. The molecule has 0 aromatic rings. The van der Waals surface area contributed by atoms with Crippen LogP contribution in [-0.2, 0) is 0 Å². The summed E-state index contributed by atoms with van der Waals surface area (Å²) >= 11 is 0. The lowest BCUT2D eigenvalue weighted by atomic mass is 9.90. The fraction of sp³-hybridized carbons (Fsp3) is 1.00. The molecule has 1 atom stereocenters. The van der Waals surface area contributed by atoms with E-state index >= 15 is 0 Å². The van der Waals surface area contributed by atoms with E-state index in [-0.39, 0.29) is 0 Å². The van der Waals surface area contributed by atoms with Crippen LogP contribution in [0.2, 0.25) is 0 Å². The number of unbranched alkanes of at least 4 members (excludes halogenated alkanes) is 1. The quantitative estimate of drug-likeness (QED) is 0.623. The predicted molar refractivity (Wildman–Crippen MR) is 65.7 cm³/mol. The Bertz CT molecular complexity index is 129. The molecular formula is C13H29N. The Labute approximate surface area is 90.7 Å². The maximum absolute atomic E-state index is 3.70. The lowest BCUT2D eigenvalue weighted by Crippen LogP contribution is -2.36. The zero-order valence-corrected chi connectivity index (χ0v) is 10.8. The first kappa shape index (κ1) is 14.0. The van der Waals surface area contributed by atoms with Crippen LogP contribution in [0.5, 0.6) is 0 Å². The van der Waals surface area contributed by atoms with E-state index in [1.807, 2.05) is 0 Å². The molecule has 0 spiro atoms. The monoisotopic (exact) mass is 199 g/mol. The van der Waals surface area contributed by atoms with Crippen LogP contribution in [0.1, 0.15) is 66.7 Å². The molecule has 0 aromatic heterocycles. The highest BCUT2D eigenvalue weighted by Crippen LogP contribution is 2.18. The van der Waals surface area contributed by atoms with Crippen molar-refractivity contribution in [3.8, 4) is 0 Å². The van der Waals surface area contributed by atoms with E-state index in [1.165, 1.54) is 32.1 Å². The molecule has 0 radical (unpaired) electrons. The molecule has 1 N–H and O–H groups in total. The molecule has 1 nitrogen and oxygen atoms in total. The second-order valence-corrected chi connectivity index (χ2v) is 5.15. The molecule has 0 aliphatic carbocycles. The number of nitrogens with one attached hydrogen (secondary N) is 1. The summed E-state index contributed by atoms with van der Waals surface area (Å²) < 4.78 is 0. The molecule has 0 heterocycles. The van der Waals surface area contributed by atoms with Crippen LogP contribution in [0.15, 0.2) is 0 Å². The molecule has 0 saturated carbocycles. The van der Waals surface area contributed by atoms with Gasteiger partial charge in [0.25, 0.3) is 0 Å². The van der Waals surface area contributed by atoms with Crippen molar-refractivity contribution in [1.29, 1.82) is 0 Å². The van der Waals surface area contributed by atoms with Gasteiger partial charge in [-0.3, -0.25) is 0 Å². The zero-order chi connectivity index (χ0) is 11.0. The molecule has 0 aliphatic rings. The standard InChI is InChI=1S/C13H29N/c1-6-9-10-12(7-2)14-11-13(4,5)8-3/h12,14H,6-11H2,1-5H3.